The predicted octanol–water partition coefficient (Wildman–Crippen LogP) is 7.15. The summed E-state index contributed by atoms with van der Waals surface area (Å²) < 4.78 is 0.741. The van der Waals surface area contributed by atoms with Crippen LogP contribution in [-0.4, -0.2) is 10.9 Å². The summed E-state index contributed by atoms with van der Waals surface area (Å²) in [5.41, 5.74) is 3.38. The van der Waals surface area contributed by atoms with Crippen LogP contribution in [0, 0.1) is 0 Å². The van der Waals surface area contributed by atoms with Gasteiger partial charge < -0.3 is 0 Å². The van der Waals surface area contributed by atoms with Gasteiger partial charge in [-0.15, -0.1) is 0 Å². The van der Waals surface area contributed by atoms with E-state index in [1.54, 1.807) is 6.07 Å². The van der Waals surface area contributed by atoms with Gasteiger partial charge >= 0.3 is 0 Å². The number of rotatable bonds is 4. The zero-order chi connectivity index (χ0) is 19.5. The molecule has 0 fully saturated rings. The number of benzene rings is 3. The molecule has 0 atom stereocenters. The highest BCUT2D eigenvalue weighted by molar-refractivity contribution is 9.10. The lowest BCUT2D eigenvalue weighted by Crippen LogP contribution is -2.12. The molecule has 4 rings (SSSR count). The van der Waals surface area contributed by atoms with Gasteiger partial charge in [0.05, 0.1) is 16.1 Å². The minimum atomic E-state index is -0.205. The summed E-state index contributed by atoms with van der Waals surface area (Å²) in [6, 6.07) is 24.9. The van der Waals surface area contributed by atoms with E-state index < -0.39 is 0 Å². The third-order valence-electron chi connectivity index (χ3n) is 4.12. The molecule has 3 nitrogen and oxygen atoms in total. The van der Waals surface area contributed by atoms with E-state index in [0.717, 1.165) is 26.2 Å². The lowest BCUT2D eigenvalue weighted by Gasteiger charge is -2.03. The van der Waals surface area contributed by atoms with Crippen molar-refractivity contribution in [2.75, 3.05) is 5.32 Å². The Labute approximate surface area is 180 Å². The van der Waals surface area contributed by atoms with E-state index in [1.165, 1.54) is 11.3 Å². The van der Waals surface area contributed by atoms with E-state index >= 15 is 0 Å². The minimum Gasteiger partial charge on any atom is -0.298 e. The maximum atomic E-state index is 12.7. The number of hydrogen-bond donors (Lipinski definition) is 1. The Kier molecular flexibility index (Phi) is 5.57. The predicted molar refractivity (Wildman–Crippen MR) is 120 cm³/mol. The molecule has 0 saturated carbocycles. The van der Waals surface area contributed by atoms with Crippen molar-refractivity contribution < 1.29 is 4.79 Å². The number of anilines is 1. The lowest BCUT2D eigenvalue weighted by molar-refractivity contribution is 0.102. The number of thiazole rings is 1. The maximum absolute atomic E-state index is 12.7. The van der Waals surface area contributed by atoms with Crippen LogP contribution in [0.2, 0.25) is 5.02 Å². The highest BCUT2D eigenvalue weighted by Crippen LogP contribution is 2.39. The van der Waals surface area contributed by atoms with Gasteiger partial charge in [0.25, 0.3) is 5.91 Å². The van der Waals surface area contributed by atoms with Crippen LogP contribution in [0.15, 0.2) is 83.3 Å². The number of aromatic nitrogens is 1. The van der Waals surface area contributed by atoms with E-state index in [2.05, 4.69) is 21.2 Å². The van der Waals surface area contributed by atoms with Crippen LogP contribution in [0.1, 0.15) is 10.4 Å². The number of hydrogen-bond acceptors (Lipinski definition) is 3. The molecule has 0 unspecified atom stereocenters. The second-order valence-electron chi connectivity index (χ2n) is 6.00. The van der Waals surface area contributed by atoms with Gasteiger partial charge in [-0.1, -0.05) is 77.5 Å². The first-order valence-corrected chi connectivity index (χ1v) is 10.5. The highest BCUT2D eigenvalue weighted by Gasteiger charge is 2.17. The van der Waals surface area contributed by atoms with Crippen molar-refractivity contribution in [3.05, 3.63) is 93.9 Å². The molecule has 0 aliphatic carbocycles. The van der Waals surface area contributed by atoms with Crippen LogP contribution in [0.5, 0.6) is 0 Å². The first-order valence-electron chi connectivity index (χ1n) is 8.50. The van der Waals surface area contributed by atoms with Gasteiger partial charge in [-0.25, -0.2) is 4.98 Å². The maximum Gasteiger partial charge on any atom is 0.258 e. The van der Waals surface area contributed by atoms with Crippen LogP contribution < -0.4 is 5.32 Å². The Morgan fingerprint density at radius 3 is 2.29 bits per heavy atom. The number of halogens is 2. The third kappa shape index (κ3) is 4.02. The first kappa shape index (κ1) is 18.9. The van der Waals surface area contributed by atoms with Crippen LogP contribution in [-0.2, 0) is 0 Å². The summed E-state index contributed by atoms with van der Waals surface area (Å²) >= 11 is 10.9. The molecule has 1 heterocycles. The van der Waals surface area contributed by atoms with Crippen molar-refractivity contribution in [1.29, 1.82) is 0 Å². The van der Waals surface area contributed by atoms with E-state index in [9.17, 15) is 4.79 Å². The van der Waals surface area contributed by atoms with Crippen molar-refractivity contribution >= 4 is 49.9 Å². The van der Waals surface area contributed by atoms with Gasteiger partial charge in [0.1, 0.15) is 0 Å². The van der Waals surface area contributed by atoms with Gasteiger partial charge in [-0.3, -0.25) is 10.1 Å². The summed E-state index contributed by atoms with van der Waals surface area (Å²) in [7, 11) is 0. The summed E-state index contributed by atoms with van der Waals surface area (Å²) in [6.07, 6.45) is 0. The number of carbonyl (C=O) groups is 1. The summed E-state index contributed by atoms with van der Waals surface area (Å²) in [4.78, 5) is 18.4. The largest absolute Gasteiger partial charge is 0.298 e. The Bertz CT molecular complexity index is 1130. The third-order valence-corrected chi connectivity index (χ3v) is 6.08. The lowest BCUT2D eigenvalue weighted by atomic mass is 10.1. The topological polar surface area (TPSA) is 42.0 Å². The van der Waals surface area contributed by atoms with Crippen LogP contribution in [0.3, 0.4) is 0 Å². The molecule has 138 valence electrons. The molecule has 0 bridgehead atoms. The van der Waals surface area contributed by atoms with Gasteiger partial charge in [-0.2, -0.15) is 0 Å². The van der Waals surface area contributed by atoms with Crippen molar-refractivity contribution in [3.63, 3.8) is 0 Å². The van der Waals surface area contributed by atoms with Crippen molar-refractivity contribution in [1.82, 2.24) is 4.98 Å². The van der Waals surface area contributed by atoms with Crippen LogP contribution in [0.4, 0.5) is 5.13 Å². The molecular formula is C22H14BrClN2OS. The summed E-state index contributed by atoms with van der Waals surface area (Å²) in [5, 5.41) is 4.15. The van der Waals surface area contributed by atoms with Gasteiger partial charge in [-0.05, 0) is 45.8 Å². The SMILES string of the molecule is O=C(Nc1nc(-c2ccccc2)c(-c2ccc(Cl)cc2)s1)c1ccccc1Br. The van der Waals surface area contributed by atoms with E-state index in [1.807, 2.05) is 72.8 Å². The fourth-order valence-corrected chi connectivity index (χ4v) is 4.35. The molecule has 1 N–H and O–H groups in total. The molecule has 0 radical (unpaired) electrons. The normalized spacial score (nSPS) is 10.6. The minimum absolute atomic E-state index is 0.205. The van der Waals surface area contributed by atoms with E-state index in [0.29, 0.717) is 15.7 Å². The summed E-state index contributed by atoms with van der Waals surface area (Å²) in [5.74, 6) is -0.205. The van der Waals surface area contributed by atoms with E-state index in [-0.39, 0.29) is 5.91 Å². The van der Waals surface area contributed by atoms with Crippen LogP contribution in [0.25, 0.3) is 21.7 Å². The highest BCUT2D eigenvalue weighted by atomic mass is 79.9. The molecule has 0 aliphatic rings. The number of nitrogens with zero attached hydrogens (tertiary/aromatic N) is 1. The second kappa shape index (κ2) is 8.27. The molecule has 3 aromatic carbocycles. The monoisotopic (exact) mass is 468 g/mol. The average Bonchev–Trinajstić information content (AvgIpc) is 3.13. The molecule has 0 spiro atoms. The molecule has 1 aromatic heterocycles. The Morgan fingerprint density at radius 1 is 0.893 bits per heavy atom. The van der Waals surface area contributed by atoms with Crippen molar-refractivity contribution in [2.45, 2.75) is 0 Å². The van der Waals surface area contributed by atoms with Crippen LogP contribution >= 0.6 is 38.9 Å². The molecule has 4 aromatic rings. The van der Waals surface area contributed by atoms with E-state index in [4.69, 9.17) is 16.6 Å². The molecular weight excluding hydrogens is 456 g/mol. The Balaban J connectivity index is 1.74. The van der Waals surface area contributed by atoms with Crippen molar-refractivity contribution in [2.24, 2.45) is 0 Å². The second-order valence-corrected chi connectivity index (χ2v) is 8.29. The Hall–Kier alpha value is -2.47. The standard InChI is InChI=1S/C22H14BrClN2OS/c23-18-9-5-4-8-17(18)21(27)26-22-25-19(14-6-2-1-3-7-14)20(28-22)15-10-12-16(24)13-11-15/h1-13H,(H,25,26,27). The Morgan fingerprint density at radius 2 is 1.57 bits per heavy atom. The quantitative estimate of drug-likeness (QED) is 0.345. The first-order chi connectivity index (χ1) is 13.6. The number of amides is 1. The summed E-state index contributed by atoms with van der Waals surface area (Å²) in [6.45, 7) is 0. The molecule has 28 heavy (non-hydrogen) atoms. The van der Waals surface area contributed by atoms with Crippen molar-refractivity contribution in [3.8, 4) is 21.7 Å². The fourth-order valence-electron chi connectivity index (χ4n) is 2.77. The molecule has 6 heteroatoms. The molecule has 1 amide bonds. The molecule has 0 aliphatic heterocycles. The zero-order valence-corrected chi connectivity index (χ0v) is 17.7. The van der Waals surface area contributed by atoms with Gasteiger partial charge in [0.15, 0.2) is 5.13 Å². The van der Waals surface area contributed by atoms with Gasteiger partial charge in [0, 0.05) is 15.1 Å². The number of nitrogens with one attached hydrogen (secondary N) is 1. The number of carbonyl (C=O) groups excluding carboxylic acids is 1. The smallest absolute Gasteiger partial charge is 0.258 e. The fraction of sp³-hybridized carbons (Fsp3) is 0. The zero-order valence-electron chi connectivity index (χ0n) is 14.5. The molecule has 0 saturated heterocycles. The van der Waals surface area contributed by atoms with Gasteiger partial charge in [0.2, 0.25) is 0 Å². The average molecular weight is 470 g/mol.